The van der Waals surface area contributed by atoms with E-state index >= 15 is 0 Å². The van der Waals surface area contributed by atoms with Crippen LogP contribution in [0.3, 0.4) is 0 Å². The van der Waals surface area contributed by atoms with Crippen LogP contribution in [0, 0.1) is 5.92 Å². The predicted molar refractivity (Wildman–Crippen MR) is 88.0 cm³/mol. The number of fused-ring (bicyclic) bond motifs is 1. The Morgan fingerprint density at radius 1 is 1.29 bits per heavy atom. The first-order valence-electron chi connectivity index (χ1n) is 9.05. The Labute approximate surface area is 142 Å². The van der Waals surface area contributed by atoms with Crippen LogP contribution in [0.4, 0.5) is 0 Å². The van der Waals surface area contributed by atoms with Gasteiger partial charge in [0.25, 0.3) is 0 Å². The standard InChI is InChI=1S/C18H25N3O3/c22-17-10-13(11-21(17)12-14-4-3-9-24-14)18(23)19-15-6-8-20-7-2-1-5-16(15)20/h3-4,9,13,15-16H,1-2,5-8,10-12H2,(H,19,23)/t13-,15+,16-/m0/s1. The van der Waals surface area contributed by atoms with Gasteiger partial charge in [0.2, 0.25) is 11.8 Å². The first-order chi connectivity index (χ1) is 11.7. The van der Waals surface area contributed by atoms with Crippen molar-refractivity contribution in [1.82, 2.24) is 15.1 Å². The Balaban J connectivity index is 1.33. The van der Waals surface area contributed by atoms with E-state index in [1.54, 1.807) is 11.2 Å². The normalized spacial score (nSPS) is 30.6. The zero-order chi connectivity index (χ0) is 16.5. The van der Waals surface area contributed by atoms with Crippen molar-refractivity contribution in [2.75, 3.05) is 19.6 Å². The van der Waals surface area contributed by atoms with Gasteiger partial charge in [-0.15, -0.1) is 0 Å². The maximum Gasteiger partial charge on any atom is 0.225 e. The van der Waals surface area contributed by atoms with Gasteiger partial charge >= 0.3 is 0 Å². The van der Waals surface area contributed by atoms with E-state index in [0.717, 1.165) is 25.3 Å². The molecule has 4 heterocycles. The van der Waals surface area contributed by atoms with Gasteiger partial charge < -0.3 is 14.6 Å². The van der Waals surface area contributed by atoms with Crippen molar-refractivity contribution in [3.05, 3.63) is 24.2 Å². The first kappa shape index (κ1) is 15.7. The lowest BCUT2D eigenvalue weighted by molar-refractivity contribution is -0.129. The number of rotatable bonds is 4. The van der Waals surface area contributed by atoms with E-state index in [1.165, 1.54) is 19.3 Å². The van der Waals surface area contributed by atoms with Crippen molar-refractivity contribution in [3.63, 3.8) is 0 Å². The van der Waals surface area contributed by atoms with Crippen LogP contribution in [0.1, 0.15) is 37.9 Å². The fraction of sp³-hybridized carbons (Fsp3) is 0.667. The lowest BCUT2D eigenvalue weighted by Crippen LogP contribution is -2.48. The Hall–Kier alpha value is -1.82. The van der Waals surface area contributed by atoms with E-state index in [0.29, 0.717) is 25.6 Å². The number of carbonyl (C=O) groups excluding carboxylic acids is 2. The minimum absolute atomic E-state index is 0.0391. The third-order valence-electron chi connectivity index (χ3n) is 5.70. The number of furan rings is 1. The molecule has 0 saturated carbocycles. The molecule has 3 aliphatic rings. The summed E-state index contributed by atoms with van der Waals surface area (Å²) >= 11 is 0. The molecule has 0 unspecified atom stereocenters. The molecule has 0 radical (unpaired) electrons. The molecule has 0 aromatic carbocycles. The van der Waals surface area contributed by atoms with Gasteiger partial charge in [-0.1, -0.05) is 6.42 Å². The van der Waals surface area contributed by atoms with Crippen LogP contribution in [0.2, 0.25) is 0 Å². The highest BCUT2D eigenvalue weighted by molar-refractivity contribution is 5.89. The number of piperidine rings is 1. The maximum atomic E-state index is 12.6. The highest BCUT2D eigenvalue weighted by Crippen LogP contribution is 2.28. The lowest BCUT2D eigenvalue weighted by Gasteiger charge is -2.32. The quantitative estimate of drug-likeness (QED) is 0.905. The Bertz CT molecular complexity index is 601. The minimum Gasteiger partial charge on any atom is -0.467 e. The Morgan fingerprint density at radius 2 is 2.21 bits per heavy atom. The molecule has 1 aromatic rings. The number of hydrogen-bond acceptors (Lipinski definition) is 4. The molecule has 1 aromatic heterocycles. The largest absolute Gasteiger partial charge is 0.467 e. The third-order valence-corrected chi connectivity index (χ3v) is 5.70. The first-order valence-corrected chi connectivity index (χ1v) is 9.05. The maximum absolute atomic E-state index is 12.6. The number of carbonyl (C=O) groups is 2. The molecule has 4 rings (SSSR count). The van der Waals surface area contributed by atoms with Crippen LogP contribution in [0.5, 0.6) is 0 Å². The summed E-state index contributed by atoms with van der Waals surface area (Å²) in [5, 5.41) is 3.24. The zero-order valence-electron chi connectivity index (χ0n) is 13.9. The second kappa shape index (κ2) is 6.59. The molecule has 130 valence electrons. The number of nitrogens with zero attached hydrogens (tertiary/aromatic N) is 2. The summed E-state index contributed by atoms with van der Waals surface area (Å²) in [6.45, 7) is 3.20. The van der Waals surface area contributed by atoms with Crippen LogP contribution < -0.4 is 5.32 Å². The van der Waals surface area contributed by atoms with Crippen LogP contribution in [-0.4, -0.2) is 53.3 Å². The molecule has 24 heavy (non-hydrogen) atoms. The second-order valence-corrected chi connectivity index (χ2v) is 7.26. The SMILES string of the molecule is O=C(N[C@@H]1CCN2CCCC[C@@H]12)[C@H]1CC(=O)N(Cc2ccco2)C1. The van der Waals surface area contributed by atoms with Gasteiger partial charge in [0.1, 0.15) is 5.76 Å². The van der Waals surface area contributed by atoms with Crippen molar-refractivity contribution >= 4 is 11.8 Å². The smallest absolute Gasteiger partial charge is 0.225 e. The van der Waals surface area contributed by atoms with Gasteiger partial charge in [-0.2, -0.15) is 0 Å². The summed E-state index contributed by atoms with van der Waals surface area (Å²) < 4.78 is 5.31. The molecule has 0 aliphatic carbocycles. The zero-order valence-corrected chi connectivity index (χ0v) is 13.9. The summed E-state index contributed by atoms with van der Waals surface area (Å²) in [5.41, 5.74) is 0. The molecular formula is C18H25N3O3. The summed E-state index contributed by atoms with van der Waals surface area (Å²) in [4.78, 5) is 29.1. The Morgan fingerprint density at radius 3 is 3.04 bits per heavy atom. The van der Waals surface area contributed by atoms with Crippen LogP contribution >= 0.6 is 0 Å². The summed E-state index contributed by atoms with van der Waals surface area (Å²) in [6, 6.07) is 4.43. The summed E-state index contributed by atoms with van der Waals surface area (Å²) in [5.74, 6) is 0.614. The number of nitrogens with one attached hydrogen (secondary N) is 1. The molecule has 3 saturated heterocycles. The van der Waals surface area contributed by atoms with E-state index < -0.39 is 0 Å². The second-order valence-electron chi connectivity index (χ2n) is 7.26. The molecule has 0 bridgehead atoms. The molecule has 1 N–H and O–H groups in total. The van der Waals surface area contributed by atoms with Gasteiger partial charge in [0.05, 0.1) is 18.7 Å². The molecule has 6 nitrogen and oxygen atoms in total. The molecule has 3 fully saturated rings. The average molecular weight is 331 g/mol. The highest BCUT2D eigenvalue weighted by Gasteiger charge is 2.39. The number of likely N-dealkylation sites (tertiary alicyclic amines) is 1. The molecule has 0 spiro atoms. The predicted octanol–water partition coefficient (Wildman–Crippen LogP) is 1.37. The number of hydrogen-bond donors (Lipinski definition) is 1. The van der Waals surface area contributed by atoms with Crippen molar-refractivity contribution < 1.29 is 14.0 Å². The molecular weight excluding hydrogens is 306 g/mol. The van der Waals surface area contributed by atoms with Gasteiger partial charge in [-0.05, 0) is 37.9 Å². The summed E-state index contributed by atoms with van der Waals surface area (Å²) in [7, 11) is 0. The van der Waals surface area contributed by atoms with E-state index in [1.807, 2.05) is 12.1 Å². The van der Waals surface area contributed by atoms with Gasteiger partial charge in [0, 0.05) is 31.6 Å². The Kier molecular flexibility index (Phi) is 4.31. The molecule has 3 aliphatic heterocycles. The van der Waals surface area contributed by atoms with Crippen LogP contribution in [0.25, 0.3) is 0 Å². The van der Waals surface area contributed by atoms with Crippen molar-refractivity contribution in [1.29, 1.82) is 0 Å². The lowest BCUT2D eigenvalue weighted by atomic mass is 9.98. The van der Waals surface area contributed by atoms with Crippen molar-refractivity contribution in [2.45, 2.75) is 50.7 Å². The summed E-state index contributed by atoms with van der Waals surface area (Å²) in [6.07, 6.45) is 6.67. The molecule has 3 atom stereocenters. The highest BCUT2D eigenvalue weighted by atomic mass is 16.3. The van der Waals surface area contributed by atoms with Crippen LogP contribution in [-0.2, 0) is 16.1 Å². The van der Waals surface area contributed by atoms with E-state index in [2.05, 4.69) is 10.2 Å². The van der Waals surface area contributed by atoms with E-state index in [4.69, 9.17) is 4.42 Å². The van der Waals surface area contributed by atoms with Gasteiger partial charge in [0.15, 0.2) is 0 Å². The minimum atomic E-state index is -0.231. The monoisotopic (exact) mass is 331 g/mol. The fourth-order valence-electron chi connectivity index (χ4n) is 4.41. The van der Waals surface area contributed by atoms with Gasteiger partial charge in [-0.25, -0.2) is 0 Å². The van der Waals surface area contributed by atoms with Gasteiger partial charge in [-0.3, -0.25) is 14.5 Å². The average Bonchev–Trinajstić information content (AvgIpc) is 3.30. The van der Waals surface area contributed by atoms with Crippen molar-refractivity contribution in [3.8, 4) is 0 Å². The fourth-order valence-corrected chi connectivity index (χ4v) is 4.41. The number of amides is 2. The van der Waals surface area contributed by atoms with E-state index in [9.17, 15) is 9.59 Å². The molecule has 6 heteroatoms. The topological polar surface area (TPSA) is 65.8 Å². The van der Waals surface area contributed by atoms with Crippen molar-refractivity contribution in [2.24, 2.45) is 5.92 Å². The third kappa shape index (κ3) is 3.07. The molecule has 2 amide bonds. The van der Waals surface area contributed by atoms with Crippen LogP contribution in [0.15, 0.2) is 22.8 Å². The van der Waals surface area contributed by atoms with E-state index in [-0.39, 0.29) is 23.8 Å².